The molecule has 2 aromatic rings. The Kier molecular flexibility index (Phi) is 3.76. The highest BCUT2D eigenvalue weighted by molar-refractivity contribution is 5.42. The predicted octanol–water partition coefficient (Wildman–Crippen LogP) is 1.89. The van der Waals surface area contributed by atoms with E-state index in [0.29, 0.717) is 18.2 Å². The van der Waals surface area contributed by atoms with Gasteiger partial charge in [0.15, 0.2) is 0 Å². The van der Waals surface area contributed by atoms with Gasteiger partial charge >= 0.3 is 0 Å². The van der Waals surface area contributed by atoms with Crippen LogP contribution < -0.4 is 15.2 Å². The summed E-state index contributed by atoms with van der Waals surface area (Å²) >= 11 is 0. The third-order valence-corrected chi connectivity index (χ3v) is 4.85. The lowest BCUT2D eigenvalue weighted by atomic mass is 9.90. The maximum absolute atomic E-state index is 11.9. The highest BCUT2D eigenvalue weighted by atomic mass is 16.5. The van der Waals surface area contributed by atoms with E-state index >= 15 is 0 Å². The minimum atomic E-state index is -0.180. The Morgan fingerprint density at radius 3 is 3.12 bits per heavy atom. The van der Waals surface area contributed by atoms with Gasteiger partial charge in [-0.3, -0.25) is 4.79 Å². The van der Waals surface area contributed by atoms with Crippen molar-refractivity contribution >= 4 is 5.82 Å². The number of nitrogens with one attached hydrogen (secondary N) is 1. The summed E-state index contributed by atoms with van der Waals surface area (Å²) < 4.78 is 11.4. The van der Waals surface area contributed by atoms with Crippen molar-refractivity contribution in [2.75, 3.05) is 25.1 Å². The SMILES string of the molecule is COCc1nc(N2CCC3(CCc4ccccc4O3)C2)cc(=O)[nH]1. The normalized spacial score (nSPS) is 22.5. The summed E-state index contributed by atoms with van der Waals surface area (Å²) in [4.78, 5) is 21.2. The number of fused-ring (bicyclic) bond motifs is 1. The van der Waals surface area contributed by atoms with Gasteiger partial charge in [-0.1, -0.05) is 18.2 Å². The van der Waals surface area contributed by atoms with Crippen LogP contribution in [-0.4, -0.2) is 35.8 Å². The van der Waals surface area contributed by atoms with E-state index < -0.39 is 0 Å². The van der Waals surface area contributed by atoms with E-state index in [4.69, 9.17) is 9.47 Å². The zero-order valence-corrected chi connectivity index (χ0v) is 13.7. The Morgan fingerprint density at radius 2 is 2.25 bits per heavy atom. The van der Waals surface area contributed by atoms with Gasteiger partial charge in [0.2, 0.25) is 0 Å². The van der Waals surface area contributed by atoms with Crippen LogP contribution in [0.4, 0.5) is 5.82 Å². The quantitative estimate of drug-likeness (QED) is 0.932. The fourth-order valence-electron chi connectivity index (χ4n) is 3.65. The van der Waals surface area contributed by atoms with Crippen molar-refractivity contribution in [1.29, 1.82) is 0 Å². The van der Waals surface area contributed by atoms with Crippen molar-refractivity contribution in [3.8, 4) is 5.75 Å². The van der Waals surface area contributed by atoms with Gasteiger partial charge in [-0.2, -0.15) is 0 Å². The first-order chi connectivity index (χ1) is 11.7. The van der Waals surface area contributed by atoms with E-state index in [1.165, 1.54) is 5.56 Å². The molecule has 6 nitrogen and oxygen atoms in total. The number of rotatable bonds is 3. The van der Waals surface area contributed by atoms with Gasteiger partial charge < -0.3 is 19.4 Å². The lowest BCUT2D eigenvalue weighted by Crippen LogP contribution is -2.42. The third kappa shape index (κ3) is 2.78. The van der Waals surface area contributed by atoms with E-state index in [1.54, 1.807) is 13.2 Å². The Bertz CT molecular complexity index is 804. The van der Waals surface area contributed by atoms with Crippen LogP contribution in [0.25, 0.3) is 0 Å². The van der Waals surface area contributed by atoms with E-state index in [1.807, 2.05) is 12.1 Å². The molecule has 24 heavy (non-hydrogen) atoms. The Labute approximate surface area is 140 Å². The molecule has 1 aromatic heterocycles. The van der Waals surface area contributed by atoms with E-state index in [9.17, 15) is 4.79 Å². The molecule has 0 bridgehead atoms. The van der Waals surface area contributed by atoms with Crippen molar-refractivity contribution in [3.63, 3.8) is 0 Å². The summed E-state index contributed by atoms with van der Waals surface area (Å²) in [5.41, 5.74) is 0.946. The molecule has 0 saturated carbocycles. The van der Waals surface area contributed by atoms with Crippen LogP contribution in [0.2, 0.25) is 0 Å². The van der Waals surface area contributed by atoms with Gasteiger partial charge in [-0.15, -0.1) is 0 Å². The number of nitrogens with zero attached hydrogens (tertiary/aromatic N) is 2. The third-order valence-electron chi connectivity index (χ3n) is 4.85. The maximum Gasteiger partial charge on any atom is 0.253 e. The van der Waals surface area contributed by atoms with E-state index in [2.05, 4.69) is 27.0 Å². The van der Waals surface area contributed by atoms with Gasteiger partial charge in [-0.25, -0.2) is 4.98 Å². The Hall–Kier alpha value is -2.34. The van der Waals surface area contributed by atoms with E-state index in [-0.39, 0.29) is 11.2 Å². The smallest absolute Gasteiger partial charge is 0.253 e. The summed E-state index contributed by atoms with van der Waals surface area (Å²) in [5.74, 6) is 2.24. The molecule has 6 heteroatoms. The largest absolute Gasteiger partial charge is 0.485 e. The Morgan fingerprint density at radius 1 is 1.38 bits per heavy atom. The van der Waals surface area contributed by atoms with Crippen LogP contribution in [-0.2, 0) is 17.8 Å². The summed E-state index contributed by atoms with van der Waals surface area (Å²) in [6.07, 6.45) is 2.96. The van der Waals surface area contributed by atoms with E-state index in [0.717, 1.165) is 38.1 Å². The molecular weight excluding hydrogens is 306 g/mol. The average molecular weight is 327 g/mol. The van der Waals surface area contributed by atoms with Crippen LogP contribution in [0.1, 0.15) is 24.2 Å². The van der Waals surface area contributed by atoms with Crippen LogP contribution in [0, 0.1) is 0 Å². The second-order valence-corrected chi connectivity index (χ2v) is 6.55. The minimum Gasteiger partial charge on any atom is -0.485 e. The summed E-state index contributed by atoms with van der Waals surface area (Å²) in [6.45, 7) is 1.89. The van der Waals surface area contributed by atoms with Crippen molar-refractivity contribution in [1.82, 2.24) is 9.97 Å². The van der Waals surface area contributed by atoms with Crippen LogP contribution in [0.3, 0.4) is 0 Å². The number of hydrogen-bond acceptors (Lipinski definition) is 5. The summed E-state index contributed by atoms with van der Waals surface area (Å²) in [7, 11) is 1.59. The number of hydrogen-bond donors (Lipinski definition) is 1. The molecule has 0 radical (unpaired) electrons. The fourth-order valence-corrected chi connectivity index (χ4v) is 3.65. The molecule has 2 aliphatic rings. The number of para-hydroxylation sites is 1. The molecule has 0 aliphatic carbocycles. The molecule has 1 N–H and O–H groups in total. The van der Waals surface area contributed by atoms with Gasteiger partial charge in [-0.05, 0) is 24.5 Å². The van der Waals surface area contributed by atoms with Gasteiger partial charge in [0.05, 0.1) is 6.54 Å². The first-order valence-corrected chi connectivity index (χ1v) is 8.29. The summed E-state index contributed by atoms with van der Waals surface area (Å²) in [6, 6.07) is 9.79. The molecule has 1 aromatic carbocycles. The molecule has 1 fully saturated rings. The van der Waals surface area contributed by atoms with Gasteiger partial charge in [0, 0.05) is 26.1 Å². The molecule has 0 amide bonds. The van der Waals surface area contributed by atoms with Crippen LogP contribution in [0.5, 0.6) is 5.75 Å². The number of methoxy groups -OCH3 is 1. The lowest BCUT2D eigenvalue weighted by Gasteiger charge is -2.35. The number of ether oxygens (including phenoxy) is 2. The molecule has 1 saturated heterocycles. The maximum atomic E-state index is 11.9. The van der Waals surface area contributed by atoms with Crippen molar-refractivity contribution in [3.05, 3.63) is 52.1 Å². The van der Waals surface area contributed by atoms with Gasteiger partial charge in [0.25, 0.3) is 5.56 Å². The monoisotopic (exact) mass is 327 g/mol. The second-order valence-electron chi connectivity index (χ2n) is 6.55. The summed E-state index contributed by atoms with van der Waals surface area (Å²) in [5, 5.41) is 0. The molecule has 1 spiro atoms. The van der Waals surface area contributed by atoms with Gasteiger partial charge in [0.1, 0.15) is 29.6 Å². The minimum absolute atomic E-state index is 0.150. The first kappa shape index (κ1) is 15.2. The second kappa shape index (κ2) is 5.94. The molecule has 2 aliphatic heterocycles. The van der Waals surface area contributed by atoms with Crippen molar-refractivity contribution < 1.29 is 9.47 Å². The Balaban J connectivity index is 1.56. The van der Waals surface area contributed by atoms with Crippen molar-refractivity contribution in [2.45, 2.75) is 31.5 Å². The first-order valence-electron chi connectivity index (χ1n) is 8.29. The predicted molar refractivity (Wildman–Crippen MR) is 90.5 cm³/mol. The molecule has 4 rings (SSSR count). The highest BCUT2D eigenvalue weighted by Crippen LogP contribution is 2.39. The zero-order valence-electron chi connectivity index (χ0n) is 13.7. The average Bonchev–Trinajstić information content (AvgIpc) is 2.98. The topological polar surface area (TPSA) is 67.5 Å². The molecule has 126 valence electrons. The lowest BCUT2D eigenvalue weighted by molar-refractivity contribution is 0.0682. The number of H-pyrrole nitrogens is 1. The zero-order chi connectivity index (χ0) is 16.6. The highest BCUT2D eigenvalue weighted by Gasteiger charge is 2.43. The fraction of sp³-hybridized carbons (Fsp3) is 0.444. The van der Waals surface area contributed by atoms with Crippen molar-refractivity contribution in [2.24, 2.45) is 0 Å². The molecule has 3 heterocycles. The number of benzene rings is 1. The number of aryl methyl sites for hydroxylation is 1. The number of aromatic nitrogens is 2. The van der Waals surface area contributed by atoms with Crippen LogP contribution >= 0.6 is 0 Å². The number of aromatic amines is 1. The van der Waals surface area contributed by atoms with Crippen LogP contribution in [0.15, 0.2) is 35.1 Å². The molecule has 1 unspecified atom stereocenters. The molecular formula is C18H21N3O3. The molecule has 1 atom stereocenters. The standard InChI is InChI=1S/C18H21N3O3/c1-23-11-15-19-16(10-17(22)20-15)21-9-8-18(12-21)7-6-13-4-2-3-5-14(13)24-18/h2-5,10H,6-9,11-12H2,1H3,(H,19,20,22). The number of anilines is 1.